The van der Waals surface area contributed by atoms with Gasteiger partial charge < -0.3 is 9.64 Å². The summed E-state index contributed by atoms with van der Waals surface area (Å²) in [5.41, 5.74) is -0.552. The second-order valence-corrected chi connectivity index (χ2v) is 11.6. The maximum Gasteiger partial charge on any atom is 0.330 e. The molecule has 2 heterocycles. The van der Waals surface area contributed by atoms with Crippen LogP contribution in [0.1, 0.15) is 34.6 Å². The number of β-lactam (4-membered cyclic amide) rings is 1. The SMILES string of the molecule is CC(C)(C)OC(=O)[C@@H]1N2C(=O)C(Br)(Br)[C@H]2SC1(C)C. The van der Waals surface area contributed by atoms with Gasteiger partial charge in [-0.1, -0.05) is 31.9 Å². The van der Waals surface area contributed by atoms with Crippen LogP contribution in [0.4, 0.5) is 0 Å². The van der Waals surface area contributed by atoms with Gasteiger partial charge >= 0.3 is 5.97 Å². The van der Waals surface area contributed by atoms with E-state index in [9.17, 15) is 9.59 Å². The predicted octanol–water partition coefficient (Wildman–Crippen LogP) is 2.88. The molecule has 0 radical (unpaired) electrons. The molecule has 2 fully saturated rings. The lowest BCUT2D eigenvalue weighted by atomic mass is 9.98. The van der Waals surface area contributed by atoms with Gasteiger partial charge in [-0.3, -0.25) is 4.79 Å². The van der Waals surface area contributed by atoms with E-state index in [1.54, 1.807) is 16.7 Å². The van der Waals surface area contributed by atoms with E-state index < -0.39 is 14.9 Å². The van der Waals surface area contributed by atoms with Crippen molar-refractivity contribution in [3.63, 3.8) is 0 Å². The lowest BCUT2D eigenvalue weighted by molar-refractivity contribution is -0.169. The van der Waals surface area contributed by atoms with Gasteiger partial charge in [0.15, 0.2) is 3.23 Å². The molecule has 0 unspecified atom stereocenters. The van der Waals surface area contributed by atoms with Crippen molar-refractivity contribution < 1.29 is 14.3 Å². The van der Waals surface area contributed by atoms with Crippen LogP contribution < -0.4 is 0 Å². The summed E-state index contributed by atoms with van der Waals surface area (Å²) >= 11 is 8.36. The fourth-order valence-corrected chi connectivity index (χ4v) is 5.22. The number of fused-ring (bicyclic) bond motifs is 1. The van der Waals surface area contributed by atoms with Crippen LogP contribution >= 0.6 is 43.6 Å². The zero-order chi connectivity index (χ0) is 14.8. The molecule has 2 atom stereocenters. The molecule has 19 heavy (non-hydrogen) atoms. The summed E-state index contributed by atoms with van der Waals surface area (Å²) < 4.78 is 4.33. The fraction of sp³-hybridized carbons (Fsp3) is 0.833. The van der Waals surface area contributed by atoms with Crippen LogP contribution in [0.3, 0.4) is 0 Å². The van der Waals surface area contributed by atoms with Gasteiger partial charge in [-0.2, -0.15) is 0 Å². The van der Waals surface area contributed by atoms with Gasteiger partial charge in [-0.05, 0) is 34.6 Å². The molecular formula is C12H17Br2NO3S. The number of carbonyl (C=O) groups is 2. The van der Waals surface area contributed by atoms with Crippen LogP contribution in [0.15, 0.2) is 0 Å². The first kappa shape index (κ1) is 15.6. The third kappa shape index (κ3) is 2.46. The number of nitrogens with zero attached hydrogens (tertiary/aromatic N) is 1. The Bertz CT molecular complexity index is 445. The first-order chi connectivity index (χ1) is 8.38. The number of esters is 1. The Hall–Kier alpha value is 0.250. The van der Waals surface area contributed by atoms with Crippen LogP contribution in [-0.4, -0.2) is 41.8 Å². The Balaban J connectivity index is 2.26. The highest BCUT2D eigenvalue weighted by atomic mass is 79.9. The minimum absolute atomic E-state index is 0.0903. The smallest absolute Gasteiger partial charge is 0.330 e. The average Bonchev–Trinajstić information content (AvgIpc) is 2.45. The molecule has 0 N–H and O–H groups in total. The normalized spacial score (nSPS) is 31.7. The summed E-state index contributed by atoms with van der Waals surface area (Å²) in [5.74, 6) is -0.456. The maximum atomic E-state index is 12.4. The van der Waals surface area contributed by atoms with E-state index in [-0.39, 0.29) is 22.0 Å². The molecule has 2 saturated heterocycles. The van der Waals surface area contributed by atoms with Crippen LogP contribution in [0.5, 0.6) is 0 Å². The fourth-order valence-electron chi connectivity index (χ4n) is 2.32. The zero-order valence-corrected chi connectivity index (χ0v) is 15.5. The van der Waals surface area contributed by atoms with Gasteiger partial charge in [0.05, 0.1) is 0 Å². The molecule has 2 rings (SSSR count). The van der Waals surface area contributed by atoms with Crippen molar-refractivity contribution in [1.29, 1.82) is 0 Å². The highest BCUT2D eigenvalue weighted by Crippen LogP contribution is 2.60. The zero-order valence-electron chi connectivity index (χ0n) is 11.5. The van der Waals surface area contributed by atoms with Crippen molar-refractivity contribution in [2.75, 3.05) is 0 Å². The molecule has 0 bridgehead atoms. The molecule has 2 aliphatic heterocycles. The highest BCUT2D eigenvalue weighted by Gasteiger charge is 2.70. The lowest BCUT2D eigenvalue weighted by Crippen LogP contribution is -2.68. The summed E-state index contributed by atoms with van der Waals surface area (Å²) in [6, 6.07) is -0.544. The largest absolute Gasteiger partial charge is 0.458 e. The van der Waals surface area contributed by atoms with Crippen molar-refractivity contribution in [1.82, 2.24) is 4.90 Å². The molecule has 1 amide bonds. The summed E-state index contributed by atoms with van der Waals surface area (Å²) in [5, 5.41) is -0.0903. The molecule has 0 spiro atoms. The van der Waals surface area contributed by atoms with E-state index in [2.05, 4.69) is 31.9 Å². The average molecular weight is 415 g/mol. The number of carbonyl (C=O) groups excluding carboxylic acids is 2. The number of halogens is 2. The predicted molar refractivity (Wildman–Crippen MR) is 82.5 cm³/mol. The Morgan fingerprint density at radius 2 is 1.89 bits per heavy atom. The van der Waals surface area contributed by atoms with Gasteiger partial charge in [-0.15, -0.1) is 11.8 Å². The Labute approximate surface area is 134 Å². The Kier molecular flexibility index (Phi) is 3.60. The molecule has 0 aromatic heterocycles. The molecular weight excluding hydrogens is 398 g/mol. The van der Waals surface area contributed by atoms with Gasteiger partial charge in [0.1, 0.15) is 17.0 Å². The van der Waals surface area contributed by atoms with Gasteiger partial charge in [0, 0.05) is 4.75 Å². The minimum Gasteiger partial charge on any atom is -0.458 e. The van der Waals surface area contributed by atoms with E-state index in [0.29, 0.717) is 0 Å². The van der Waals surface area contributed by atoms with Crippen molar-refractivity contribution in [3.05, 3.63) is 0 Å². The topological polar surface area (TPSA) is 46.6 Å². The molecule has 0 saturated carbocycles. The molecule has 7 heteroatoms. The quantitative estimate of drug-likeness (QED) is 0.376. The van der Waals surface area contributed by atoms with E-state index in [1.807, 2.05) is 34.6 Å². The monoisotopic (exact) mass is 413 g/mol. The summed E-state index contributed by atoms with van der Waals surface area (Å²) in [6.45, 7) is 9.42. The third-order valence-corrected chi connectivity index (χ3v) is 6.85. The van der Waals surface area contributed by atoms with E-state index in [1.165, 1.54) is 0 Å². The van der Waals surface area contributed by atoms with Crippen molar-refractivity contribution in [2.45, 2.75) is 59.6 Å². The first-order valence-electron chi connectivity index (χ1n) is 5.99. The number of hydrogen-bond acceptors (Lipinski definition) is 4. The summed E-state index contributed by atoms with van der Waals surface area (Å²) in [6.07, 6.45) is 0. The Morgan fingerprint density at radius 3 is 2.37 bits per heavy atom. The minimum atomic E-state index is -0.751. The van der Waals surface area contributed by atoms with Crippen LogP contribution in [0.2, 0.25) is 0 Å². The molecule has 2 aliphatic rings. The standard InChI is InChI=1S/C12H17Br2NO3S/c1-10(2,3)18-7(16)6-11(4,5)19-9-12(13,14)8(17)15(6)9/h6,9H,1-5H3/t6-,9+/m0/s1. The van der Waals surface area contributed by atoms with Gasteiger partial charge in [0.2, 0.25) is 0 Å². The van der Waals surface area contributed by atoms with E-state index in [4.69, 9.17) is 4.74 Å². The molecule has 4 nitrogen and oxygen atoms in total. The first-order valence-corrected chi connectivity index (χ1v) is 8.46. The van der Waals surface area contributed by atoms with E-state index >= 15 is 0 Å². The van der Waals surface area contributed by atoms with Crippen LogP contribution in [-0.2, 0) is 14.3 Å². The maximum absolute atomic E-state index is 12.4. The second-order valence-electron chi connectivity index (χ2n) is 6.35. The van der Waals surface area contributed by atoms with Crippen LogP contribution in [0, 0.1) is 0 Å². The van der Waals surface area contributed by atoms with Crippen molar-refractivity contribution >= 4 is 55.5 Å². The highest BCUT2D eigenvalue weighted by molar-refractivity contribution is 9.26. The lowest BCUT2D eigenvalue weighted by Gasteiger charge is -2.46. The molecule has 0 aliphatic carbocycles. The number of rotatable bonds is 1. The molecule has 108 valence electrons. The second kappa shape index (κ2) is 4.37. The number of ether oxygens (including phenoxy) is 1. The van der Waals surface area contributed by atoms with Gasteiger partial charge in [0.25, 0.3) is 5.91 Å². The molecule has 0 aromatic rings. The van der Waals surface area contributed by atoms with E-state index in [0.717, 1.165) is 0 Å². The van der Waals surface area contributed by atoms with Crippen molar-refractivity contribution in [2.24, 2.45) is 0 Å². The molecule has 0 aromatic carbocycles. The summed E-state index contributed by atoms with van der Waals surface area (Å²) in [4.78, 5) is 26.1. The van der Waals surface area contributed by atoms with Crippen LogP contribution in [0.25, 0.3) is 0 Å². The third-order valence-electron chi connectivity index (χ3n) is 3.06. The number of thioether (sulfide) groups is 1. The number of alkyl halides is 2. The summed E-state index contributed by atoms with van der Waals surface area (Å²) in [7, 11) is 0. The number of hydrogen-bond donors (Lipinski definition) is 0. The number of amides is 1. The van der Waals surface area contributed by atoms with Crippen molar-refractivity contribution in [3.8, 4) is 0 Å². The Morgan fingerprint density at radius 1 is 1.37 bits per heavy atom. The van der Waals surface area contributed by atoms with Gasteiger partial charge in [-0.25, -0.2) is 4.79 Å².